The van der Waals surface area contributed by atoms with E-state index in [1.165, 1.54) is 21.8 Å². The molecule has 0 radical (unpaired) electrons. The van der Waals surface area contributed by atoms with Crippen molar-refractivity contribution in [3.05, 3.63) is 81.7 Å². The number of nitrogens with zero attached hydrogens (tertiary/aromatic N) is 1. The number of amides is 1. The average molecular weight is 499 g/mol. The van der Waals surface area contributed by atoms with E-state index in [0.717, 1.165) is 66.2 Å². The Bertz CT molecular complexity index is 1420. The van der Waals surface area contributed by atoms with Crippen molar-refractivity contribution in [1.29, 1.82) is 0 Å². The third kappa shape index (κ3) is 4.78. The summed E-state index contributed by atoms with van der Waals surface area (Å²) in [6.45, 7) is 4.23. The van der Waals surface area contributed by atoms with Crippen LogP contribution >= 0.6 is 11.3 Å². The van der Waals surface area contributed by atoms with Gasteiger partial charge >= 0.3 is 5.97 Å². The van der Waals surface area contributed by atoms with Gasteiger partial charge in [0.25, 0.3) is 5.91 Å². The summed E-state index contributed by atoms with van der Waals surface area (Å²) in [7, 11) is 0. The van der Waals surface area contributed by atoms with Gasteiger partial charge in [0.15, 0.2) is 0 Å². The number of benzene rings is 2. The summed E-state index contributed by atoms with van der Waals surface area (Å²) in [5, 5.41) is 4.44. The molecule has 5 rings (SSSR count). The predicted octanol–water partition coefficient (Wildman–Crippen LogP) is 7.22. The molecule has 0 atom stereocenters. The largest absolute Gasteiger partial charge is 0.462 e. The molecule has 36 heavy (non-hydrogen) atoms. The summed E-state index contributed by atoms with van der Waals surface area (Å²) in [6.07, 6.45) is 6.02. The third-order valence-corrected chi connectivity index (χ3v) is 7.95. The fourth-order valence-electron chi connectivity index (χ4n) is 4.84. The van der Waals surface area contributed by atoms with Crippen LogP contribution in [-0.4, -0.2) is 23.5 Å². The number of nitrogens with one attached hydrogen (secondary N) is 1. The number of carbonyl (C=O) groups is 2. The first kappa shape index (κ1) is 24.2. The van der Waals surface area contributed by atoms with Gasteiger partial charge in [0.1, 0.15) is 5.00 Å². The van der Waals surface area contributed by atoms with Gasteiger partial charge in [-0.05, 0) is 62.3 Å². The van der Waals surface area contributed by atoms with E-state index in [-0.39, 0.29) is 11.9 Å². The number of aryl methyl sites for hydroxylation is 2. The van der Waals surface area contributed by atoms with Gasteiger partial charge in [0.05, 0.1) is 28.9 Å². The lowest BCUT2D eigenvalue weighted by atomic mass is 10.0. The molecule has 184 valence electrons. The molecule has 5 nitrogen and oxygen atoms in total. The molecule has 4 aromatic rings. The zero-order valence-corrected chi connectivity index (χ0v) is 21.5. The highest BCUT2D eigenvalue weighted by molar-refractivity contribution is 7.17. The van der Waals surface area contributed by atoms with Crippen LogP contribution < -0.4 is 5.32 Å². The van der Waals surface area contributed by atoms with Crippen LogP contribution in [-0.2, 0) is 24.0 Å². The molecule has 1 aliphatic carbocycles. The number of fused-ring (bicyclic) bond motifs is 2. The van der Waals surface area contributed by atoms with Crippen molar-refractivity contribution < 1.29 is 14.3 Å². The van der Waals surface area contributed by atoms with E-state index in [9.17, 15) is 9.59 Å². The van der Waals surface area contributed by atoms with Gasteiger partial charge in [-0.25, -0.2) is 9.78 Å². The zero-order chi connectivity index (χ0) is 25.1. The van der Waals surface area contributed by atoms with Crippen molar-refractivity contribution >= 4 is 39.1 Å². The maximum Gasteiger partial charge on any atom is 0.341 e. The minimum atomic E-state index is -0.358. The van der Waals surface area contributed by atoms with Crippen molar-refractivity contribution in [2.24, 2.45) is 0 Å². The standard InChI is InChI=1S/C30H30N2O3S/c1-3-19-14-16-20(17-15-19)25-18-23(21-10-8-9-12-24(21)31-25)28(33)32-29-27(30(34)35-4-2)22-11-6-5-7-13-26(22)36-29/h8-10,12,14-18H,3-7,11,13H2,1-2H3,(H,32,33). The number of anilines is 1. The smallest absolute Gasteiger partial charge is 0.341 e. The second-order valence-corrected chi connectivity index (χ2v) is 10.2. The van der Waals surface area contributed by atoms with Crippen LogP contribution in [0.2, 0.25) is 0 Å². The number of thiophene rings is 1. The molecule has 2 aromatic carbocycles. The number of carbonyl (C=O) groups excluding carboxylic acids is 2. The summed E-state index contributed by atoms with van der Waals surface area (Å²) in [6, 6.07) is 17.8. The third-order valence-electron chi connectivity index (χ3n) is 6.75. The fraction of sp³-hybridized carbons (Fsp3) is 0.300. The van der Waals surface area contributed by atoms with Gasteiger partial charge in [-0.2, -0.15) is 0 Å². The van der Waals surface area contributed by atoms with E-state index in [1.807, 2.05) is 42.5 Å². The molecule has 1 aliphatic rings. The minimum Gasteiger partial charge on any atom is -0.462 e. The molecule has 2 aromatic heterocycles. The Morgan fingerprint density at radius 3 is 2.56 bits per heavy atom. The quantitative estimate of drug-likeness (QED) is 0.225. The molecule has 0 spiro atoms. The van der Waals surface area contributed by atoms with E-state index >= 15 is 0 Å². The van der Waals surface area contributed by atoms with Gasteiger partial charge in [-0.15, -0.1) is 11.3 Å². The lowest BCUT2D eigenvalue weighted by Gasteiger charge is -2.12. The molecule has 0 aliphatic heterocycles. The van der Waals surface area contributed by atoms with Crippen molar-refractivity contribution in [3.8, 4) is 11.3 Å². The van der Waals surface area contributed by atoms with Crippen molar-refractivity contribution in [3.63, 3.8) is 0 Å². The number of hydrogen-bond donors (Lipinski definition) is 1. The Morgan fingerprint density at radius 1 is 1.00 bits per heavy atom. The molecular formula is C30H30N2O3S. The van der Waals surface area contributed by atoms with Crippen molar-refractivity contribution in [2.75, 3.05) is 11.9 Å². The molecule has 2 heterocycles. The first-order valence-corrected chi connectivity index (χ1v) is 13.5. The normalized spacial score (nSPS) is 13.2. The molecule has 1 N–H and O–H groups in total. The number of pyridine rings is 1. The molecule has 0 fully saturated rings. The highest BCUT2D eigenvalue weighted by atomic mass is 32.1. The Balaban J connectivity index is 1.56. The van der Waals surface area contributed by atoms with Gasteiger partial charge in [-0.1, -0.05) is 55.8 Å². The summed E-state index contributed by atoms with van der Waals surface area (Å²) < 4.78 is 5.39. The predicted molar refractivity (Wildman–Crippen MR) is 146 cm³/mol. The number of para-hydroxylation sites is 1. The highest BCUT2D eigenvalue weighted by Crippen LogP contribution is 2.38. The van der Waals surface area contributed by atoms with Gasteiger partial charge in [0.2, 0.25) is 0 Å². The number of esters is 1. The second kappa shape index (κ2) is 10.6. The van der Waals surface area contributed by atoms with Crippen LogP contribution in [0.1, 0.15) is 69.8 Å². The summed E-state index contributed by atoms with van der Waals surface area (Å²) >= 11 is 1.51. The molecular weight excluding hydrogens is 468 g/mol. The number of aromatic nitrogens is 1. The molecule has 1 amide bonds. The second-order valence-electron chi connectivity index (χ2n) is 9.07. The Morgan fingerprint density at radius 2 is 1.78 bits per heavy atom. The van der Waals surface area contributed by atoms with E-state index in [1.54, 1.807) is 6.92 Å². The molecule has 0 bridgehead atoms. The first-order chi connectivity index (χ1) is 17.6. The van der Waals surface area contributed by atoms with Crippen LogP contribution in [0, 0.1) is 0 Å². The Hall–Kier alpha value is -3.51. The van der Waals surface area contributed by atoms with Crippen molar-refractivity contribution in [2.45, 2.75) is 52.4 Å². The van der Waals surface area contributed by atoms with Crippen LogP contribution in [0.4, 0.5) is 5.00 Å². The SMILES string of the molecule is CCOC(=O)c1c(NC(=O)c2cc(-c3ccc(CC)cc3)nc3ccccc23)sc2c1CCCCC2. The van der Waals surface area contributed by atoms with E-state index < -0.39 is 0 Å². The molecule has 0 saturated carbocycles. The summed E-state index contributed by atoms with van der Waals surface area (Å²) in [5.41, 5.74) is 5.82. The van der Waals surface area contributed by atoms with Crippen molar-refractivity contribution in [1.82, 2.24) is 4.98 Å². The van der Waals surface area contributed by atoms with E-state index in [2.05, 4.69) is 24.4 Å². The van der Waals surface area contributed by atoms with Crippen LogP contribution in [0.3, 0.4) is 0 Å². The van der Waals surface area contributed by atoms with Gasteiger partial charge in [-0.3, -0.25) is 4.79 Å². The Kier molecular flexibility index (Phi) is 7.14. The number of rotatable bonds is 6. The van der Waals surface area contributed by atoms with E-state index in [0.29, 0.717) is 22.7 Å². The number of hydrogen-bond acceptors (Lipinski definition) is 5. The van der Waals surface area contributed by atoms with Crippen LogP contribution in [0.5, 0.6) is 0 Å². The number of ether oxygens (including phenoxy) is 1. The lowest BCUT2D eigenvalue weighted by Crippen LogP contribution is -2.16. The molecule has 0 unspecified atom stereocenters. The fourth-order valence-corrected chi connectivity index (χ4v) is 6.12. The van der Waals surface area contributed by atoms with Crippen LogP contribution in [0.15, 0.2) is 54.6 Å². The molecule has 0 saturated heterocycles. The average Bonchev–Trinajstić information content (AvgIpc) is 3.08. The van der Waals surface area contributed by atoms with Crippen LogP contribution in [0.25, 0.3) is 22.2 Å². The summed E-state index contributed by atoms with van der Waals surface area (Å²) in [4.78, 5) is 32.7. The molecule has 6 heteroatoms. The topological polar surface area (TPSA) is 68.3 Å². The first-order valence-electron chi connectivity index (χ1n) is 12.7. The zero-order valence-electron chi connectivity index (χ0n) is 20.7. The van der Waals surface area contributed by atoms with E-state index in [4.69, 9.17) is 9.72 Å². The van der Waals surface area contributed by atoms with Gasteiger partial charge < -0.3 is 10.1 Å². The van der Waals surface area contributed by atoms with Gasteiger partial charge in [0, 0.05) is 15.8 Å². The maximum atomic E-state index is 13.7. The monoisotopic (exact) mass is 498 g/mol. The maximum absolute atomic E-state index is 13.7. The Labute approximate surface area is 215 Å². The minimum absolute atomic E-state index is 0.248. The highest BCUT2D eigenvalue weighted by Gasteiger charge is 2.27. The summed E-state index contributed by atoms with van der Waals surface area (Å²) in [5.74, 6) is -0.606. The lowest BCUT2D eigenvalue weighted by molar-refractivity contribution is 0.0527.